The van der Waals surface area contributed by atoms with Gasteiger partial charge in [-0.15, -0.1) is 0 Å². The van der Waals surface area contributed by atoms with Crippen LogP contribution < -0.4 is 9.80 Å². The van der Waals surface area contributed by atoms with Crippen molar-refractivity contribution in [3.8, 4) is 0 Å². The average molecular weight is 533 g/mol. The Morgan fingerprint density at radius 1 is 0.400 bits per heavy atom. The van der Waals surface area contributed by atoms with Crippen molar-refractivity contribution in [2.45, 2.75) is 6.92 Å². The number of nitrogens with zero attached hydrogens (tertiary/aromatic N) is 2. The quantitative estimate of drug-likeness (QED) is 0.210. The molecule has 0 spiro atoms. The maximum atomic E-state index is 2.39. The van der Waals surface area contributed by atoms with E-state index in [0.717, 1.165) is 22.7 Å². The maximum Gasteiger partial charge on any atom is 0.105 e. The van der Waals surface area contributed by atoms with E-state index < -0.39 is 0 Å². The lowest BCUT2D eigenvalue weighted by Crippen LogP contribution is -2.09. The smallest absolute Gasteiger partial charge is 0.105 e. The van der Waals surface area contributed by atoms with Crippen molar-refractivity contribution in [1.82, 2.24) is 0 Å². The second kappa shape index (κ2) is 10.4. The normalized spacial score (nSPS) is 11.1. The summed E-state index contributed by atoms with van der Waals surface area (Å²) in [4.78, 5) is 4.76. The SMILES string of the molecule is Cc1cc(N(c2ccccc2)c2ccc3ccccc3c2)sc1N(c1ccccc1)c1ccc2ccccc2c1. The number of thiophene rings is 1. The number of fused-ring (bicyclic) bond motifs is 2. The Labute approximate surface area is 239 Å². The van der Waals surface area contributed by atoms with Gasteiger partial charge in [-0.3, -0.25) is 0 Å². The van der Waals surface area contributed by atoms with Crippen molar-refractivity contribution in [3.63, 3.8) is 0 Å². The fourth-order valence-corrected chi connectivity index (χ4v) is 6.62. The molecular formula is C37H28N2S. The highest BCUT2D eigenvalue weighted by molar-refractivity contribution is 7.20. The van der Waals surface area contributed by atoms with Crippen LogP contribution in [0.25, 0.3) is 21.5 Å². The van der Waals surface area contributed by atoms with Gasteiger partial charge >= 0.3 is 0 Å². The third-order valence-electron chi connectivity index (χ3n) is 7.31. The van der Waals surface area contributed by atoms with Gasteiger partial charge in [-0.05, 0) is 88.6 Å². The van der Waals surface area contributed by atoms with Gasteiger partial charge in [0.15, 0.2) is 0 Å². The van der Waals surface area contributed by atoms with Crippen molar-refractivity contribution < 1.29 is 0 Å². The van der Waals surface area contributed by atoms with Crippen molar-refractivity contribution in [2.24, 2.45) is 0 Å². The number of benzene rings is 6. The van der Waals surface area contributed by atoms with E-state index in [1.165, 1.54) is 37.1 Å². The topological polar surface area (TPSA) is 6.48 Å². The van der Waals surface area contributed by atoms with Gasteiger partial charge in [0.1, 0.15) is 10.0 Å². The number of hydrogen-bond donors (Lipinski definition) is 0. The zero-order valence-electron chi connectivity index (χ0n) is 22.2. The second-order valence-corrected chi connectivity index (χ2v) is 11.0. The van der Waals surface area contributed by atoms with Gasteiger partial charge in [0.05, 0.1) is 0 Å². The number of rotatable bonds is 6. The largest absolute Gasteiger partial charge is 0.302 e. The Bertz CT molecular complexity index is 1930. The van der Waals surface area contributed by atoms with Gasteiger partial charge in [-0.2, -0.15) is 0 Å². The predicted octanol–water partition coefficient (Wildman–Crippen LogP) is 11.3. The highest BCUT2D eigenvalue weighted by atomic mass is 32.1. The molecule has 0 aliphatic heterocycles. The molecule has 0 fully saturated rings. The molecular weight excluding hydrogens is 504 g/mol. The molecule has 2 nitrogen and oxygen atoms in total. The van der Waals surface area contributed by atoms with Crippen molar-refractivity contribution in [1.29, 1.82) is 0 Å². The lowest BCUT2D eigenvalue weighted by atomic mass is 10.1. The fourth-order valence-electron chi connectivity index (χ4n) is 5.36. The van der Waals surface area contributed by atoms with Gasteiger partial charge in [-0.25, -0.2) is 0 Å². The molecule has 0 amide bonds. The molecule has 0 saturated carbocycles. The zero-order valence-corrected chi connectivity index (χ0v) is 23.1. The molecule has 0 radical (unpaired) electrons. The first-order valence-electron chi connectivity index (χ1n) is 13.5. The summed E-state index contributed by atoms with van der Waals surface area (Å²) in [5.41, 5.74) is 5.82. The molecule has 3 heteroatoms. The molecule has 0 unspecified atom stereocenters. The number of aryl methyl sites for hydroxylation is 1. The van der Waals surface area contributed by atoms with Crippen LogP contribution in [0.4, 0.5) is 32.8 Å². The molecule has 0 atom stereocenters. The molecule has 0 bridgehead atoms. The Hall–Kier alpha value is -4.86. The van der Waals surface area contributed by atoms with Crippen LogP contribution in [0.5, 0.6) is 0 Å². The van der Waals surface area contributed by atoms with Crippen LogP contribution in [0.1, 0.15) is 5.56 Å². The van der Waals surface area contributed by atoms with Crippen LogP contribution in [0.2, 0.25) is 0 Å². The molecule has 7 rings (SSSR count). The van der Waals surface area contributed by atoms with Crippen molar-refractivity contribution >= 4 is 65.6 Å². The summed E-state index contributed by atoms with van der Waals surface area (Å²) in [6.07, 6.45) is 0. The molecule has 6 aromatic carbocycles. The van der Waals surface area contributed by atoms with E-state index >= 15 is 0 Å². The van der Waals surface area contributed by atoms with E-state index in [1.807, 2.05) is 11.3 Å². The summed E-state index contributed by atoms with van der Waals surface area (Å²) in [5.74, 6) is 0. The monoisotopic (exact) mass is 532 g/mol. The lowest BCUT2D eigenvalue weighted by molar-refractivity contribution is 1.29. The lowest BCUT2D eigenvalue weighted by Gasteiger charge is -2.26. The summed E-state index contributed by atoms with van der Waals surface area (Å²) in [7, 11) is 0. The summed E-state index contributed by atoms with van der Waals surface area (Å²) in [6, 6.07) is 54.2. The van der Waals surface area contributed by atoms with E-state index in [1.54, 1.807) is 0 Å². The van der Waals surface area contributed by atoms with E-state index in [4.69, 9.17) is 0 Å². The van der Waals surface area contributed by atoms with Gasteiger partial charge < -0.3 is 9.80 Å². The first-order valence-corrected chi connectivity index (χ1v) is 14.3. The van der Waals surface area contributed by atoms with E-state index in [9.17, 15) is 0 Å². The minimum absolute atomic E-state index is 1.14. The highest BCUT2D eigenvalue weighted by Gasteiger charge is 2.22. The third-order valence-corrected chi connectivity index (χ3v) is 8.52. The third kappa shape index (κ3) is 4.51. The fraction of sp³-hybridized carbons (Fsp3) is 0.0270. The Morgan fingerprint density at radius 3 is 1.40 bits per heavy atom. The molecule has 192 valence electrons. The maximum absolute atomic E-state index is 2.39. The molecule has 0 aliphatic rings. The first kappa shape index (κ1) is 24.2. The molecule has 0 saturated heterocycles. The van der Waals surface area contributed by atoms with E-state index in [-0.39, 0.29) is 0 Å². The second-order valence-electron chi connectivity index (χ2n) is 9.98. The van der Waals surface area contributed by atoms with Gasteiger partial charge in [0.2, 0.25) is 0 Å². The predicted molar refractivity (Wildman–Crippen MR) is 173 cm³/mol. The molecule has 1 heterocycles. The van der Waals surface area contributed by atoms with Crippen LogP contribution in [0.15, 0.2) is 152 Å². The standard InChI is InChI=1S/C37H28N2S/c1-27-24-36(38(32-16-4-2-5-17-32)34-22-20-28-12-8-10-14-30(28)25-34)40-37(27)39(33-18-6-3-7-19-33)35-23-21-29-13-9-11-15-31(29)26-35/h2-26H,1H3. The zero-order chi connectivity index (χ0) is 26.9. The average Bonchev–Trinajstić information content (AvgIpc) is 3.38. The molecule has 1 aromatic heterocycles. The number of hydrogen-bond acceptors (Lipinski definition) is 3. The number of anilines is 6. The van der Waals surface area contributed by atoms with Crippen LogP contribution in [-0.4, -0.2) is 0 Å². The summed E-state index contributed by atoms with van der Waals surface area (Å²) < 4.78 is 0. The van der Waals surface area contributed by atoms with E-state index in [0.29, 0.717) is 0 Å². The minimum atomic E-state index is 1.14. The van der Waals surface area contributed by atoms with Crippen LogP contribution >= 0.6 is 11.3 Å². The minimum Gasteiger partial charge on any atom is -0.302 e. The molecule has 40 heavy (non-hydrogen) atoms. The summed E-state index contributed by atoms with van der Waals surface area (Å²) >= 11 is 1.82. The van der Waals surface area contributed by atoms with Crippen molar-refractivity contribution in [3.05, 3.63) is 157 Å². The van der Waals surface area contributed by atoms with E-state index in [2.05, 4.69) is 168 Å². The summed E-state index contributed by atoms with van der Waals surface area (Å²) in [6.45, 7) is 2.22. The summed E-state index contributed by atoms with van der Waals surface area (Å²) in [5, 5.41) is 7.34. The Morgan fingerprint density at radius 2 is 0.850 bits per heavy atom. The molecule has 0 aliphatic carbocycles. The molecule has 7 aromatic rings. The van der Waals surface area contributed by atoms with Crippen LogP contribution in [0.3, 0.4) is 0 Å². The van der Waals surface area contributed by atoms with Crippen LogP contribution in [0, 0.1) is 6.92 Å². The van der Waals surface area contributed by atoms with Gasteiger partial charge in [0, 0.05) is 22.7 Å². The van der Waals surface area contributed by atoms with Crippen molar-refractivity contribution in [2.75, 3.05) is 9.80 Å². The van der Waals surface area contributed by atoms with Gasteiger partial charge in [-0.1, -0.05) is 108 Å². The number of para-hydroxylation sites is 2. The first-order chi connectivity index (χ1) is 19.7. The molecule has 0 N–H and O–H groups in total. The van der Waals surface area contributed by atoms with Gasteiger partial charge in [0.25, 0.3) is 0 Å². The van der Waals surface area contributed by atoms with Crippen LogP contribution in [-0.2, 0) is 0 Å². The Kier molecular flexibility index (Phi) is 6.27. The highest BCUT2D eigenvalue weighted by Crippen LogP contribution is 2.48. The Balaban J connectivity index is 1.40.